The SMILES string of the molecule is CCCCOCC(O)COc1c(Cl)cccc1CO. The third kappa shape index (κ3) is 5.78. The van der Waals surface area contributed by atoms with Crippen LogP contribution >= 0.6 is 11.6 Å². The van der Waals surface area contributed by atoms with Crippen LogP contribution in [-0.4, -0.2) is 36.1 Å². The van der Waals surface area contributed by atoms with Gasteiger partial charge in [-0.05, 0) is 12.5 Å². The zero-order chi connectivity index (χ0) is 14.1. The third-order valence-electron chi connectivity index (χ3n) is 2.59. The molecule has 0 bridgehead atoms. The lowest BCUT2D eigenvalue weighted by atomic mass is 10.2. The van der Waals surface area contributed by atoms with Crippen molar-refractivity contribution in [2.45, 2.75) is 32.5 Å². The van der Waals surface area contributed by atoms with Crippen LogP contribution in [0.3, 0.4) is 0 Å². The molecular weight excluding hydrogens is 268 g/mol. The van der Waals surface area contributed by atoms with Crippen LogP contribution in [0.2, 0.25) is 5.02 Å². The Hall–Kier alpha value is -0.810. The van der Waals surface area contributed by atoms with Crippen LogP contribution in [-0.2, 0) is 11.3 Å². The van der Waals surface area contributed by atoms with Crippen LogP contribution in [0.4, 0.5) is 0 Å². The van der Waals surface area contributed by atoms with E-state index in [0.717, 1.165) is 12.8 Å². The predicted molar refractivity (Wildman–Crippen MR) is 74.6 cm³/mol. The summed E-state index contributed by atoms with van der Waals surface area (Å²) in [5.41, 5.74) is 0.603. The predicted octanol–water partition coefficient (Wildman–Crippen LogP) is 2.39. The maximum Gasteiger partial charge on any atom is 0.143 e. The highest BCUT2D eigenvalue weighted by Gasteiger charge is 2.11. The molecule has 1 unspecified atom stereocenters. The number of aliphatic hydroxyl groups excluding tert-OH is 2. The number of aliphatic hydroxyl groups is 2. The van der Waals surface area contributed by atoms with E-state index < -0.39 is 6.10 Å². The molecule has 2 N–H and O–H groups in total. The lowest BCUT2D eigenvalue weighted by Gasteiger charge is -2.15. The quantitative estimate of drug-likeness (QED) is 0.685. The molecule has 0 saturated heterocycles. The molecule has 108 valence electrons. The van der Waals surface area contributed by atoms with Gasteiger partial charge in [-0.15, -0.1) is 0 Å². The van der Waals surface area contributed by atoms with Crippen molar-refractivity contribution in [2.24, 2.45) is 0 Å². The van der Waals surface area contributed by atoms with Crippen molar-refractivity contribution in [3.8, 4) is 5.75 Å². The first-order valence-corrected chi connectivity index (χ1v) is 6.83. The molecule has 1 atom stereocenters. The van der Waals surface area contributed by atoms with Gasteiger partial charge in [0.2, 0.25) is 0 Å². The smallest absolute Gasteiger partial charge is 0.143 e. The van der Waals surface area contributed by atoms with Gasteiger partial charge in [0.05, 0.1) is 18.2 Å². The zero-order valence-electron chi connectivity index (χ0n) is 11.1. The molecule has 0 saturated carbocycles. The minimum Gasteiger partial charge on any atom is -0.489 e. The lowest BCUT2D eigenvalue weighted by Crippen LogP contribution is -2.24. The second-order valence-electron chi connectivity index (χ2n) is 4.28. The average molecular weight is 289 g/mol. The summed E-state index contributed by atoms with van der Waals surface area (Å²) in [6.45, 7) is 2.89. The zero-order valence-corrected chi connectivity index (χ0v) is 11.9. The van der Waals surface area contributed by atoms with E-state index in [4.69, 9.17) is 21.1 Å². The molecule has 0 aliphatic heterocycles. The number of para-hydroxylation sites is 1. The fourth-order valence-electron chi connectivity index (χ4n) is 1.53. The monoisotopic (exact) mass is 288 g/mol. The number of hydrogen-bond acceptors (Lipinski definition) is 4. The Bertz CT molecular complexity index is 370. The first-order valence-electron chi connectivity index (χ1n) is 6.45. The van der Waals surface area contributed by atoms with Crippen molar-refractivity contribution < 1.29 is 19.7 Å². The topological polar surface area (TPSA) is 58.9 Å². The maximum absolute atomic E-state index is 9.71. The van der Waals surface area contributed by atoms with Gasteiger partial charge in [0.25, 0.3) is 0 Å². The molecule has 4 nitrogen and oxygen atoms in total. The molecule has 0 heterocycles. The molecule has 0 aromatic heterocycles. The minimum atomic E-state index is -0.709. The van der Waals surface area contributed by atoms with Crippen LogP contribution in [0.5, 0.6) is 5.75 Å². The Morgan fingerprint density at radius 1 is 1.32 bits per heavy atom. The number of halogens is 1. The number of ether oxygens (including phenoxy) is 2. The van der Waals surface area contributed by atoms with E-state index >= 15 is 0 Å². The highest BCUT2D eigenvalue weighted by Crippen LogP contribution is 2.28. The van der Waals surface area contributed by atoms with Gasteiger partial charge < -0.3 is 19.7 Å². The van der Waals surface area contributed by atoms with Gasteiger partial charge in [-0.3, -0.25) is 0 Å². The second kappa shape index (κ2) is 9.15. The van der Waals surface area contributed by atoms with E-state index in [0.29, 0.717) is 22.9 Å². The first kappa shape index (κ1) is 16.2. The van der Waals surface area contributed by atoms with Crippen LogP contribution in [0.1, 0.15) is 25.3 Å². The second-order valence-corrected chi connectivity index (χ2v) is 4.69. The van der Waals surface area contributed by atoms with Crippen molar-refractivity contribution in [1.82, 2.24) is 0 Å². The Kier molecular flexibility index (Phi) is 7.82. The third-order valence-corrected chi connectivity index (χ3v) is 2.89. The molecule has 0 aliphatic rings. The van der Waals surface area contributed by atoms with Crippen LogP contribution < -0.4 is 4.74 Å². The van der Waals surface area contributed by atoms with Gasteiger partial charge in [-0.1, -0.05) is 37.1 Å². The van der Waals surface area contributed by atoms with Gasteiger partial charge >= 0.3 is 0 Å². The van der Waals surface area contributed by atoms with Crippen molar-refractivity contribution >= 4 is 11.6 Å². The van der Waals surface area contributed by atoms with E-state index in [1.807, 2.05) is 0 Å². The number of unbranched alkanes of at least 4 members (excludes halogenated alkanes) is 1. The number of rotatable bonds is 9. The van der Waals surface area contributed by atoms with Gasteiger partial charge in [0.15, 0.2) is 0 Å². The normalized spacial score (nSPS) is 12.4. The van der Waals surface area contributed by atoms with E-state index in [2.05, 4.69) is 6.92 Å². The Labute approximate surface area is 118 Å². The standard InChI is InChI=1S/C14H21ClO4/c1-2-3-7-18-9-12(17)10-19-14-11(8-16)5-4-6-13(14)15/h4-6,12,16-17H,2-3,7-10H2,1H3. The number of benzene rings is 1. The van der Waals surface area contributed by atoms with Crippen LogP contribution in [0.25, 0.3) is 0 Å². The van der Waals surface area contributed by atoms with E-state index in [9.17, 15) is 10.2 Å². The van der Waals surface area contributed by atoms with E-state index in [-0.39, 0.29) is 19.8 Å². The molecule has 0 aliphatic carbocycles. The highest BCUT2D eigenvalue weighted by molar-refractivity contribution is 6.32. The van der Waals surface area contributed by atoms with Crippen molar-refractivity contribution in [1.29, 1.82) is 0 Å². The summed E-state index contributed by atoms with van der Waals surface area (Å²) >= 11 is 5.99. The molecule has 0 spiro atoms. The molecule has 0 radical (unpaired) electrons. The average Bonchev–Trinajstić information content (AvgIpc) is 2.42. The van der Waals surface area contributed by atoms with Gasteiger partial charge in [-0.25, -0.2) is 0 Å². The Balaban J connectivity index is 2.39. The molecule has 0 fully saturated rings. The molecule has 1 rings (SSSR count). The van der Waals surface area contributed by atoms with Crippen LogP contribution in [0.15, 0.2) is 18.2 Å². The van der Waals surface area contributed by atoms with Crippen molar-refractivity contribution in [2.75, 3.05) is 19.8 Å². The molecular formula is C14H21ClO4. The molecule has 0 amide bonds. The fraction of sp³-hybridized carbons (Fsp3) is 0.571. The first-order chi connectivity index (χ1) is 9.19. The summed E-state index contributed by atoms with van der Waals surface area (Å²) in [4.78, 5) is 0. The summed E-state index contributed by atoms with van der Waals surface area (Å²) in [5.74, 6) is 0.416. The fourth-order valence-corrected chi connectivity index (χ4v) is 1.78. The lowest BCUT2D eigenvalue weighted by molar-refractivity contribution is 0.0109. The molecule has 19 heavy (non-hydrogen) atoms. The van der Waals surface area contributed by atoms with Crippen molar-refractivity contribution in [3.63, 3.8) is 0 Å². The summed E-state index contributed by atoms with van der Waals surface area (Å²) in [6.07, 6.45) is 1.33. The number of hydrogen-bond donors (Lipinski definition) is 2. The van der Waals surface area contributed by atoms with Crippen molar-refractivity contribution in [3.05, 3.63) is 28.8 Å². The van der Waals surface area contributed by atoms with Gasteiger partial charge in [0, 0.05) is 12.2 Å². The summed E-state index contributed by atoms with van der Waals surface area (Å²) in [6, 6.07) is 5.15. The molecule has 1 aromatic rings. The molecule has 1 aromatic carbocycles. The van der Waals surface area contributed by atoms with Gasteiger partial charge in [0.1, 0.15) is 18.5 Å². The van der Waals surface area contributed by atoms with E-state index in [1.165, 1.54) is 0 Å². The van der Waals surface area contributed by atoms with E-state index in [1.54, 1.807) is 18.2 Å². The largest absolute Gasteiger partial charge is 0.489 e. The van der Waals surface area contributed by atoms with Crippen LogP contribution in [0, 0.1) is 0 Å². The maximum atomic E-state index is 9.71. The Morgan fingerprint density at radius 3 is 2.79 bits per heavy atom. The summed E-state index contributed by atoms with van der Waals surface area (Å²) in [5, 5.41) is 19.3. The molecule has 5 heteroatoms. The minimum absolute atomic E-state index is 0.0862. The Morgan fingerprint density at radius 2 is 2.11 bits per heavy atom. The summed E-state index contributed by atoms with van der Waals surface area (Å²) < 4.78 is 10.8. The van der Waals surface area contributed by atoms with Gasteiger partial charge in [-0.2, -0.15) is 0 Å². The highest BCUT2D eigenvalue weighted by atomic mass is 35.5. The summed E-state index contributed by atoms with van der Waals surface area (Å²) in [7, 11) is 0.